The zero-order chi connectivity index (χ0) is 19.2. The van der Waals surface area contributed by atoms with Crippen molar-refractivity contribution in [3.8, 4) is 0 Å². The van der Waals surface area contributed by atoms with Crippen LogP contribution in [0, 0.1) is 5.92 Å². The Morgan fingerprint density at radius 2 is 1.85 bits per heavy atom. The number of hydrogen-bond acceptors (Lipinski definition) is 2. The molecule has 27 heavy (non-hydrogen) atoms. The summed E-state index contributed by atoms with van der Waals surface area (Å²) in [5.41, 5.74) is 2.43. The number of nitrogens with one attached hydrogen (secondary N) is 1. The smallest absolute Gasteiger partial charge is 0.224 e. The molecule has 0 bridgehead atoms. The number of rotatable bonds is 6. The van der Waals surface area contributed by atoms with Crippen LogP contribution < -0.4 is 5.32 Å². The van der Waals surface area contributed by atoms with Crippen molar-refractivity contribution in [3.05, 3.63) is 70.7 Å². The summed E-state index contributed by atoms with van der Waals surface area (Å²) in [4.78, 5) is 15.2. The van der Waals surface area contributed by atoms with Crippen LogP contribution in [0.4, 0.5) is 0 Å². The van der Waals surface area contributed by atoms with Crippen molar-refractivity contribution in [2.45, 2.75) is 45.2 Å². The summed E-state index contributed by atoms with van der Waals surface area (Å²) < 4.78 is 0. The highest BCUT2D eigenvalue weighted by molar-refractivity contribution is 6.31. The van der Waals surface area contributed by atoms with E-state index >= 15 is 0 Å². The van der Waals surface area contributed by atoms with E-state index in [-0.39, 0.29) is 17.9 Å². The number of likely N-dealkylation sites (tertiary alicyclic amines) is 1. The minimum absolute atomic E-state index is 0.000411. The van der Waals surface area contributed by atoms with Crippen molar-refractivity contribution in [3.63, 3.8) is 0 Å². The van der Waals surface area contributed by atoms with E-state index in [1.807, 2.05) is 24.3 Å². The quantitative estimate of drug-likeness (QED) is 0.771. The molecule has 1 fully saturated rings. The third kappa shape index (κ3) is 5.33. The molecular formula is C23H29ClN2O. The summed E-state index contributed by atoms with van der Waals surface area (Å²) in [6.07, 6.45) is 1.84. The van der Waals surface area contributed by atoms with Crippen LogP contribution in [0.15, 0.2) is 54.6 Å². The maximum Gasteiger partial charge on any atom is 0.224 e. The van der Waals surface area contributed by atoms with E-state index in [1.54, 1.807) is 0 Å². The summed E-state index contributed by atoms with van der Waals surface area (Å²) in [6, 6.07) is 18.7. The Kier molecular flexibility index (Phi) is 6.92. The zero-order valence-corrected chi connectivity index (χ0v) is 17.0. The molecule has 0 aromatic heterocycles. The number of nitrogens with zero attached hydrogens (tertiary/aromatic N) is 1. The van der Waals surface area contributed by atoms with Crippen molar-refractivity contribution in [1.29, 1.82) is 0 Å². The molecular weight excluding hydrogens is 356 g/mol. The molecule has 1 amide bonds. The maximum absolute atomic E-state index is 12.8. The van der Waals surface area contributed by atoms with E-state index in [0.29, 0.717) is 5.92 Å². The van der Waals surface area contributed by atoms with Gasteiger partial charge in [-0.15, -0.1) is 0 Å². The largest absolute Gasteiger partial charge is 0.353 e. The minimum atomic E-state index is 0.000411. The lowest BCUT2D eigenvalue weighted by Gasteiger charge is -2.38. The van der Waals surface area contributed by atoms with Crippen LogP contribution in [0.25, 0.3) is 0 Å². The molecule has 1 aliphatic rings. The second kappa shape index (κ2) is 9.38. The van der Waals surface area contributed by atoms with E-state index in [9.17, 15) is 4.79 Å². The van der Waals surface area contributed by atoms with Gasteiger partial charge in [0.05, 0.1) is 5.92 Å². The molecule has 0 aliphatic carbocycles. The molecule has 3 nitrogen and oxygen atoms in total. The first-order valence-electron chi connectivity index (χ1n) is 9.88. The van der Waals surface area contributed by atoms with Crippen molar-refractivity contribution >= 4 is 17.5 Å². The maximum atomic E-state index is 12.8. The van der Waals surface area contributed by atoms with Gasteiger partial charge in [-0.1, -0.05) is 67.1 Å². The van der Waals surface area contributed by atoms with Crippen LogP contribution in [0.2, 0.25) is 5.02 Å². The number of hydrogen-bond donors (Lipinski definition) is 1. The number of carbonyl (C=O) groups is 1. The Balaban J connectivity index is 1.78. The molecule has 0 radical (unpaired) electrons. The monoisotopic (exact) mass is 384 g/mol. The highest BCUT2D eigenvalue weighted by Gasteiger charge is 2.32. The van der Waals surface area contributed by atoms with Gasteiger partial charge in [-0.25, -0.2) is 0 Å². The molecule has 0 spiro atoms. The molecule has 2 aromatic carbocycles. The van der Waals surface area contributed by atoms with Gasteiger partial charge in [-0.2, -0.15) is 0 Å². The highest BCUT2D eigenvalue weighted by atomic mass is 35.5. The van der Waals surface area contributed by atoms with E-state index in [0.717, 1.165) is 43.1 Å². The minimum Gasteiger partial charge on any atom is -0.353 e. The van der Waals surface area contributed by atoms with Crippen LogP contribution in [0.3, 0.4) is 0 Å². The number of carbonyl (C=O) groups excluding carboxylic acids is 1. The molecule has 3 rings (SSSR count). The Hall–Kier alpha value is -1.84. The molecule has 0 saturated carbocycles. The highest BCUT2D eigenvalue weighted by Crippen LogP contribution is 2.32. The van der Waals surface area contributed by atoms with E-state index in [4.69, 9.17) is 11.6 Å². The SMILES string of the molecule is CCC(C)NC(=O)C1CC(c2ccccc2)CN(Cc2ccccc2Cl)C1. The van der Waals surface area contributed by atoms with Crippen LogP contribution in [0.1, 0.15) is 43.7 Å². The predicted octanol–water partition coefficient (Wildman–Crippen LogP) is 4.86. The number of amides is 1. The fourth-order valence-corrected chi connectivity index (χ4v) is 4.00. The molecule has 2 aromatic rings. The lowest BCUT2D eigenvalue weighted by molar-refractivity contribution is -0.127. The first kappa shape index (κ1) is 19.9. The molecule has 1 heterocycles. The Labute approximate surface area is 167 Å². The topological polar surface area (TPSA) is 32.3 Å². The lowest BCUT2D eigenvalue weighted by atomic mass is 9.83. The second-order valence-corrected chi connectivity index (χ2v) is 8.05. The van der Waals surface area contributed by atoms with Gasteiger partial charge in [0.2, 0.25) is 5.91 Å². The Bertz CT molecular complexity index is 749. The molecule has 3 unspecified atom stereocenters. The van der Waals surface area contributed by atoms with E-state index < -0.39 is 0 Å². The van der Waals surface area contributed by atoms with E-state index in [2.05, 4.69) is 54.4 Å². The molecule has 1 aliphatic heterocycles. The average molecular weight is 385 g/mol. The summed E-state index contributed by atoms with van der Waals surface area (Å²) in [7, 11) is 0. The fraction of sp³-hybridized carbons (Fsp3) is 0.435. The van der Waals surface area contributed by atoms with Crippen molar-refractivity contribution in [2.75, 3.05) is 13.1 Å². The van der Waals surface area contributed by atoms with Gasteiger partial charge in [0.25, 0.3) is 0 Å². The number of benzene rings is 2. The summed E-state index contributed by atoms with van der Waals surface area (Å²) in [5, 5.41) is 3.97. The lowest BCUT2D eigenvalue weighted by Crippen LogP contribution is -2.47. The van der Waals surface area contributed by atoms with Gasteiger partial charge >= 0.3 is 0 Å². The van der Waals surface area contributed by atoms with Crippen LogP contribution in [-0.4, -0.2) is 29.9 Å². The summed E-state index contributed by atoms with van der Waals surface area (Å²) in [5.74, 6) is 0.532. The van der Waals surface area contributed by atoms with Crippen LogP contribution >= 0.6 is 11.6 Å². The van der Waals surface area contributed by atoms with Crippen LogP contribution in [-0.2, 0) is 11.3 Å². The van der Waals surface area contributed by atoms with Gasteiger partial charge in [-0.05, 0) is 42.9 Å². The molecule has 144 valence electrons. The van der Waals surface area contributed by atoms with Crippen LogP contribution in [0.5, 0.6) is 0 Å². The van der Waals surface area contributed by atoms with Gasteiger partial charge in [0.15, 0.2) is 0 Å². The Morgan fingerprint density at radius 1 is 1.15 bits per heavy atom. The first-order valence-corrected chi connectivity index (χ1v) is 10.3. The van der Waals surface area contributed by atoms with E-state index in [1.165, 1.54) is 5.56 Å². The molecule has 1 N–H and O–H groups in total. The normalized spacial score (nSPS) is 21.6. The predicted molar refractivity (Wildman–Crippen MR) is 112 cm³/mol. The average Bonchev–Trinajstić information content (AvgIpc) is 2.70. The molecule has 4 heteroatoms. The van der Waals surface area contributed by atoms with Crippen molar-refractivity contribution in [1.82, 2.24) is 10.2 Å². The third-order valence-electron chi connectivity index (χ3n) is 5.52. The van der Waals surface area contributed by atoms with Crippen molar-refractivity contribution in [2.24, 2.45) is 5.92 Å². The third-order valence-corrected chi connectivity index (χ3v) is 5.89. The fourth-order valence-electron chi connectivity index (χ4n) is 3.81. The zero-order valence-electron chi connectivity index (χ0n) is 16.2. The summed E-state index contributed by atoms with van der Waals surface area (Å²) >= 11 is 6.38. The second-order valence-electron chi connectivity index (χ2n) is 7.64. The molecule has 3 atom stereocenters. The van der Waals surface area contributed by atoms with Gasteiger partial charge in [-0.3, -0.25) is 9.69 Å². The molecule has 1 saturated heterocycles. The summed E-state index contributed by atoms with van der Waals surface area (Å²) in [6.45, 7) is 6.66. The van der Waals surface area contributed by atoms with Gasteiger partial charge in [0.1, 0.15) is 0 Å². The van der Waals surface area contributed by atoms with Crippen molar-refractivity contribution < 1.29 is 4.79 Å². The van der Waals surface area contributed by atoms with Gasteiger partial charge in [0, 0.05) is 30.7 Å². The Morgan fingerprint density at radius 3 is 2.56 bits per heavy atom. The first-order chi connectivity index (χ1) is 13.1. The van der Waals surface area contributed by atoms with Gasteiger partial charge < -0.3 is 5.32 Å². The number of halogens is 1. The number of piperidine rings is 1. The standard InChI is InChI=1S/C23H29ClN2O/c1-3-17(2)25-23(27)21-13-20(18-9-5-4-6-10-18)15-26(16-21)14-19-11-7-8-12-22(19)24/h4-12,17,20-21H,3,13-16H2,1-2H3,(H,25,27).